The SMILES string of the molecule is COc1nc2ccccc2cc1-c1cnc([C@@H]2C[C@@H](N(C)Cc3nccs3)CCN2C(C)=O)[nH]1. The van der Waals surface area contributed by atoms with Gasteiger partial charge in [-0.3, -0.25) is 9.69 Å². The Morgan fingerprint density at radius 3 is 2.94 bits per heavy atom. The number of pyridine rings is 1. The molecule has 34 heavy (non-hydrogen) atoms. The number of likely N-dealkylation sites (tertiary alicyclic amines) is 1. The number of piperidine rings is 1. The minimum Gasteiger partial charge on any atom is -0.480 e. The van der Waals surface area contributed by atoms with Crippen LogP contribution in [0.2, 0.25) is 0 Å². The number of nitrogens with one attached hydrogen (secondary N) is 1. The first-order valence-corrected chi connectivity index (χ1v) is 12.3. The number of rotatable bonds is 6. The Hall–Kier alpha value is -3.30. The van der Waals surface area contributed by atoms with Gasteiger partial charge in [0.15, 0.2) is 0 Å². The topological polar surface area (TPSA) is 87.2 Å². The van der Waals surface area contributed by atoms with Gasteiger partial charge in [0, 0.05) is 36.5 Å². The molecule has 0 saturated carbocycles. The number of carbonyl (C=O) groups excluding carboxylic acids is 1. The zero-order valence-electron chi connectivity index (χ0n) is 19.6. The maximum Gasteiger partial charge on any atom is 0.223 e. The lowest BCUT2D eigenvalue weighted by Crippen LogP contribution is -2.46. The Morgan fingerprint density at radius 1 is 1.32 bits per heavy atom. The average Bonchev–Trinajstić information content (AvgIpc) is 3.55. The summed E-state index contributed by atoms with van der Waals surface area (Å²) in [6.07, 6.45) is 5.38. The van der Waals surface area contributed by atoms with Gasteiger partial charge in [-0.15, -0.1) is 11.3 Å². The second kappa shape index (κ2) is 9.52. The van der Waals surface area contributed by atoms with E-state index in [2.05, 4.69) is 33.0 Å². The zero-order chi connectivity index (χ0) is 23.7. The summed E-state index contributed by atoms with van der Waals surface area (Å²) in [5.41, 5.74) is 2.55. The summed E-state index contributed by atoms with van der Waals surface area (Å²) in [4.78, 5) is 34.0. The second-order valence-electron chi connectivity index (χ2n) is 8.67. The first kappa shape index (κ1) is 22.5. The third-order valence-electron chi connectivity index (χ3n) is 6.55. The van der Waals surface area contributed by atoms with Crippen molar-refractivity contribution in [2.24, 2.45) is 0 Å². The Kier molecular flexibility index (Phi) is 6.30. The first-order valence-electron chi connectivity index (χ1n) is 11.4. The number of aromatic nitrogens is 4. The highest BCUT2D eigenvalue weighted by Gasteiger charge is 2.35. The summed E-state index contributed by atoms with van der Waals surface area (Å²) in [7, 11) is 3.76. The second-order valence-corrected chi connectivity index (χ2v) is 9.65. The van der Waals surface area contributed by atoms with Crippen LogP contribution in [-0.2, 0) is 11.3 Å². The van der Waals surface area contributed by atoms with E-state index in [1.165, 1.54) is 0 Å². The Bertz CT molecular complexity index is 1290. The van der Waals surface area contributed by atoms with Crippen LogP contribution in [0.1, 0.15) is 36.6 Å². The third kappa shape index (κ3) is 4.41. The molecule has 0 radical (unpaired) electrons. The molecule has 1 fully saturated rings. The Balaban J connectivity index is 1.43. The number of aromatic amines is 1. The number of fused-ring (bicyclic) bond motifs is 1. The van der Waals surface area contributed by atoms with E-state index in [9.17, 15) is 4.79 Å². The van der Waals surface area contributed by atoms with E-state index in [-0.39, 0.29) is 11.9 Å². The van der Waals surface area contributed by atoms with E-state index in [0.717, 1.165) is 52.4 Å². The van der Waals surface area contributed by atoms with E-state index in [1.807, 2.05) is 46.9 Å². The number of nitrogens with zero attached hydrogens (tertiary/aromatic N) is 5. The predicted molar refractivity (Wildman–Crippen MR) is 133 cm³/mol. The van der Waals surface area contributed by atoms with Crippen molar-refractivity contribution < 1.29 is 9.53 Å². The standard InChI is InChI=1S/C25H28N6O2S/c1-16(32)31-10-8-18(30(2)15-23-26-9-11-34-23)13-22(31)24-27-14-21(28-24)19-12-17-6-4-5-7-20(17)29-25(19)33-3/h4-7,9,11-12,14,18,22H,8,10,13,15H2,1-3H3,(H,27,28)/t18-,22-/m0/s1. The molecule has 3 aromatic heterocycles. The molecule has 1 amide bonds. The molecule has 9 heteroatoms. The van der Waals surface area contributed by atoms with E-state index in [1.54, 1.807) is 25.4 Å². The fourth-order valence-electron chi connectivity index (χ4n) is 4.75. The monoisotopic (exact) mass is 476 g/mol. The maximum atomic E-state index is 12.5. The van der Waals surface area contributed by atoms with Crippen LogP contribution in [0.5, 0.6) is 5.88 Å². The number of H-pyrrole nitrogens is 1. The van der Waals surface area contributed by atoms with Crippen molar-refractivity contribution >= 4 is 28.1 Å². The first-order chi connectivity index (χ1) is 16.5. The fourth-order valence-corrected chi connectivity index (χ4v) is 5.43. The largest absolute Gasteiger partial charge is 0.480 e. The summed E-state index contributed by atoms with van der Waals surface area (Å²) >= 11 is 1.67. The fraction of sp³-hybridized carbons (Fsp3) is 0.360. The molecule has 8 nitrogen and oxygen atoms in total. The van der Waals surface area contributed by atoms with E-state index < -0.39 is 0 Å². The molecule has 1 N–H and O–H groups in total. The summed E-state index contributed by atoms with van der Waals surface area (Å²) < 4.78 is 5.59. The molecule has 0 spiro atoms. The van der Waals surface area contributed by atoms with Gasteiger partial charge in [-0.2, -0.15) is 0 Å². The van der Waals surface area contributed by atoms with Crippen LogP contribution in [-0.4, -0.2) is 62.4 Å². The highest BCUT2D eigenvalue weighted by molar-refractivity contribution is 7.09. The van der Waals surface area contributed by atoms with Crippen LogP contribution < -0.4 is 4.74 Å². The molecule has 5 rings (SSSR count). The lowest BCUT2D eigenvalue weighted by molar-refractivity contribution is -0.133. The molecular weight excluding hydrogens is 448 g/mol. The van der Waals surface area contributed by atoms with Gasteiger partial charge in [0.05, 0.1) is 42.7 Å². The van der Waals surface area contributed by atoms with Gasteiger partial charge in [-0.1, -0.05) is 18.2 Å². The highest BCUT2D eigenvalue weighted by atomic mass is 32.1. The van der Waals surface area contributed by atoms with Crippen LogP contribution >= 0.6 is 11.3 Å². The molecule has 176 valence electrons. The molecule has 1 saturated heterocycles. The van der Waals surface area contributed by atoms with Gasteiger partial charge in [0.25, 0.3) is 0 Å². The number of ether oxygens (including phenoxy) is 1. The van der Waals surface area contributed by atoms with Crippen molar-refractivity contribution in [3.05, 3.63) is 58.9 Å². The quantitative estimate of drug-likeness (QED) is 0.447. The number of thiazole rings is 1. The van der Waals surface area contributed by atoms with Crippen molar-refractivity contribution in [1.29, 1.82) is 0 Å². The summed E-state index contributed by atoms with van der Waals surface area (Å²) in [5.74, 6) is 1.39. The van der Waals surface area contributed by atoms with Crippen molar-refractivity contribution in [2.75, 3.05) is 20.7 Å². The molecular formula is C25H28N6O2S. The van der Waals surface area contributed by atoms with Gasteiger partial charge < -0.3 is 14.6 Å². The van der Waals surface area contributed by atoms with Gasteiger partial charge in [0.1, 0.15) is 10.8 Å². The van der Waals surface area contributed by atoms with Crippen molar-refractivity contribution in [3.8, 4) is 17.1 Å². The molecule has 1 aliphatic rings. The number of amides is 1. The van der Waals surface area contributed by atoms with Gasteiger partial charge in [-0.05, 0) is 32.0 Å². The number of para-hydroxylation sites is 1. The van der Waals surface area contributed by atoms with Crippen LogP contribution in [0.3, 0.4) is 0 Å². The van der Waals surface area contributed by atoms with Gasteiger partial charge in [0.2, 0.25) is 11.8 Å². The molecule has 2 atom stereocenters. The molecule has 4 heterocycles. The van der Waals surface area contributed by atoms with Crippen LogP contribution in [0.15, 0.2) is 48.1 Å². The van der Waals surface area contributed by atoms with Gasteiger partial charge in [-0.25, -0.2) is 15.0 Å². The molecule has 0 unspecified atom stereocenters. The minimum absolute atomic E-state index is 0.0638. The van der Waals surface area contributed by atoms with Crippen LogP contribution in [0.25, 0.3) is 22.2 Å². The lowest BCUT2D eigenvalue weighted by Gasteiger charge is -2.41. The Morgan fingerprint density at radius 2 is 2.18 bits per heavy atom. The number of carbonyl (C=O) groups is 1. The molecule has 0 bridgehead atoms. The van der Waals surface area contributed by atoms with Crippen LogP contribution in [0.4, 0.5) is 0 Å². The van der Waals surface area contributed by atoms with Crippen LogP contribution in [0, 0.1) is 0 Å². The molecule has 1 aliphatic heterocycles. The van der Waals surface area contributed by atoms with Crippen molar-refractivity contribution in [1.82, 2.24) is 29.7 Å². The average molecular weight is 477 g/mol. The van der Waals surface area contributed by atoms with Crippen molar-refractivity contribution in [3.63, 3.8) is 0 Å². The summed E-state index contributed by atoms with van der Waals surface area (Å²) in [5, 5.41) is 4.13. The normalized spacial score (nSPS) is 18.5. The number of imidazole rings is 1. The van der Waals surface area contributed by atoms with Gasteiger partial charge >= 0.3 is 0 Å². The Labute approximate surface area is 202 Å². The molecule has 0 aliphatic carbocycles. The molecule has 4 aromatic rings. The number of methoxy groups -OCH3 is 1. The summed E-state index contributed by atoms with van der Waals surface area (Å²) in [6, 6.07) is 10.2. The maximum absolute atomic E-state index is 12.5. The highest BCUT2D eigenvalue weighted by Crippen LogP contribution is 2.35. The smallest absolute Gasteiger partial charge is 0.223 e. The van der Waals surface area contributed by atoms with E-state index in [4.69, 9.17) is 9.72 Å². The predicted octanol–water partition coefficient (Wildman–Crippen LogP) is 4.27. The van der Waals surface area contributed by atoms with E-state index >= 15 is 0 Å². The summed E-state index contributed by atoms with van der Waals surface area (Å²) in [6.45, 7) is 3.13. The van der Waals surface area contributed by atoms with Crippen molar-refractivity contribution in [2.45, 2.75) is 38.4 Å². The number of hydrogen-bond donors (Lipinski definition) is 1. The van der Waals surface area contributed by atoms with E-state index in [0.29, 0.717) is 18.5 Å². The minimum atomic E-state index is -0.122. The number of hydrogen-bond acceptors (Lipinski definition) is 7. The third-order valence-corrected chi connectivity index (χ3v) is 7.32. The zero-order valence-corrected chi connectivity index (χ0v) is 20.4. The molecule has 1 aromatic carbocycles. The number of benzene rings is 1. The lowest BCUT2D eigenvalue weighted by atomic mass is 9.95.